The molecule has 0 aromatic carbocycles. The molecule has 0 fully saturated rings. The number of carbonyl (C=O) groups is 2. The number of nitrogens with zero attached hydrogens (tertiary/aromatic N) is 2. The van der Waals surface area contributed by atoms with Crippen LogP contribution < -0.4 is 10.7 Å². The summed E-state index contributed by atoms with van der Waals surface area (Å²) in [6.07, 6.45) is 5.50. The summed E-state index contributed by atoms with van der Waals surface area (Å²) in [7, 11) is 1.96. The molecular formula is C12H16N4O2. The van der Waals surface area contributed by atoms with E-state index in [4.69, 9.17) is 0 Å². The Morgan fingerprint density at radius 3 is 3.00 bits per heavy atom. The summed E-state index contributed by atoms with van der Waals surface area (Å²) in [5.74, 6) is -0.346. The minimum absolute atomic E-state index is 0.143. The van der Waals surface area contributed by atoms with E-state index in [1.807, 2.05) is 30.1 Å². The molecular weight excluding hydrogens is 232 g/mol. The number of hydrogen-bond donors (Lipinski definition) is 2. The van der Waals surface area contributed by atoms with Gasteiger partial charge in [-0.1, -0.05) is 0 Å². The first-order valence-electron chi connectivity index (χ1n) is 5.89. The number of rotatable bonds is 4. The third kappa shape index (κ3) is 3.19. The van der Waals surface area contributed by atoms with Gasteiger partial charge in [-0.15, -0.1) is 0 Å². The molecule has 0 unspecified atom stereocenters. The van der Waals surface area contributed by atoms with Crippen LogP contribution in [0, 0.1) is 0 Å². The molecule has 18 heavy (non-hydrogen) atoms. The van der Waals surface area contributed by atoms with Crippen LogP contribution in [0.25, 0.3) is 0 Å². The Bertz CT molecular complexity index is 490. The van der Waals surface area contributed by atoms with Crippen LogP contribution in [0.2, 0.25) is 0 Å². The van der Waals surface area contributed by atoms with Crippen molar-refractivity contribution in [3.8, 4) is 0 Å². The van der Waals surface area contributed by atoms with E-state index in [1.54, 1.807) is 0 Å². The van der Waals surface area contributed by atoms with Gasteiger partial charge in [-0.25, -0.2) is 5.43 Å². The number of hydrogen-bond acceptors (Lipinski definition) is 3. The van der Waals surface area contributed by atoms with Gasteiger partial charge in [0.2, 0.25) is 5.91 Å². The number of amides is 2. The molecule has 1 aliphatic heterocycles. The van der Waals surface area contributed by atoms with Crippen molar-refractivity contribution in [2.75, 3.05) is 6.54 Å². The smallest absolute Gasteiger partial charge is 0.267 e. The normalized spacial score (nSPS) is 14.9. The zero-order valence-corrected chi connectivity index (χ0v) is 10.3. The maximum absolute atomic E-state index is 11.7. The molecule has 2 amide bonds. The third-order valence-electron chi connectivity index (χ3n) is 2.76. The highest BCUT2D eigenvalue weighted by Crippen LogP contribution is 2.01. The molecule has 1 aliphatic rings. The van der Waals surface area contributed by atoms with Crippen LogP contribution in [0.3, 0.4) is 0 Å². The van der Waals surface area contributed by atoms with Crippen molar-refractivity contribution >= 4 is 17.5 Å². The molecule has 0 atom stereocenters. The second-order valence-electron chi connectivity index (χ2n) is 4.28. The molecule has 2 N–H and O–H groups in total. The molecule has 96 valence electrons. The quantitative estimate of drug-likeness (QED) is 0.784. The SMILES string of the molecule is Cn1ccc(CCNC(=O)C2=NNC(=O)CC2)c1. The van der Waals surface area contributed by atoms with Crippen LogP contribution >= 0.6 is 0 Å². The second-order valence-corrected chi connectivity index (χ2v) is 4.28. The minimum Gasteiger partial charge on any atom is -0.357 e. The first kappa shape index (κ1) is 12.3. The fourth-order valence-electron chi connectivity index (χ4n) is 1.77. The van der Waals surface area contributed by atoms with E-state index in [9.17, 15) is 9.59 Å². The minimum atomic E-state index is -0.203. The van der Waals surface area contributed by atoms with Gasteiger partial charge in [0.05, 0.1) is 0 Å². The molecule has 0 radical (unpaired) electrons. The van der Waals surface area contributed by atoms with Crippen molar-refractivity contribution < 1.29 is 9.59 Å². The number of aromatic nitrogens is 1. The molecule has 0 saturated heterocycles. The van der Waals surface area contributed by atoms with Crippen LogP contribution in [0.1, 0.15) is 18.4 Å². The molecule has 0 spiro atoms. The zero-order chi connectivity index (χ0) is 13.0. The van der Waals surface area contributed by atoms with Crippen molar-refractivity contribution in [3.05, 3.63) is 24.0 Å². The van der Waals surface area contributed by atoms with E-state index in [-0.39, 0.29) is 11.8 Å². The largest absolute Gasteiger partial charge is 0.357 e. The number of aryl methyl sites for hydroxylation is 1. The molecule has 2 rings (SSSR count). The fourth-order valence-corrected chi connectivity index (χ4v) is 1.77. The maximum Gasteiger partial charge on any atom is 0.267 e. The topological polar surface area (TPSA) is 75.5 Å². The van der Waals surface area contributed by atoms with Crippen molar-refractivity contribution in [1.82, 2.24) is 15.3 Å². The Morgan fingerprint density at radius 2 is 2.39 bits per heavy atom. The Kier molecular flexibility index (Phi) is 3.76. The van der Waals surface area contributed by atoms with Crippen LogP contribution in [0.15, 0.2) is 23.6 Å². The van der Waals surface area contributed by atoms with E-state index in [1.165, 1.54) is 5.56 Å². The first-order chi connectivity index (χ1) is 8.65. The zero-order valence-electron chi connectivity index (χ0n) is 10.3. The Morgan fingerprint density at radius 1 is 1.56 bits per heavy atom. The molecule has 2 heterocycles. The van der Waals surface area contributed by atoms with Gasteiger partial charge in [0.1, 0.15) is 5.71 Å². The van der Waals surface area contributed by atoms with Gasteiger partial charge in [0, 0.05) is 38.8 Å². The summed E-state index contributed by atoms with van der Waals surface area (Å²) in [5, 5.41) is 6.54. The van der Waals surface area contributed by atoms with Crippen LogP contribution in [-0.2, 0) is 23.1 Å². The van der Waals surface area contributed by atoms with E-state index >= 15 is 0 Å². The predicted molar refractivity (Wildman–Crippen MR) is 66.9 cm³/mol. The van der Waals surface area contributed by atoms with Gasteiger partial charge in [0.25, 0.3) is 5.91 Å². The molecule has 0 saturated carbocycles. The molecule has 0 aliphatic carbocycles. The van der Waals surface area contributed by atoms with Crippen LogP contribution in [0.4, 0.5) is 0 Å². The molecule has 6 nitrogen and oxygen atoms in total. The number of hydrazone groups is 1. The first-order valence-corrected chi connectivity index (χ1v) is 5.89. The van der Waals surface area contributed by atoms with E-state index in [2.05, 4.69) is 15.8 Å². The summed E-state index contributed by atoms with van der Waals surface area (Å²) in [6.45, 7) is 0.565. The van der Waals surface area contributed by atoms with E-state index in [0.717, 1.165) is 6.42 Å². The van der Waals surface area contributed by atoms with Crippen LogP contribution in [-0.4, -0.2) is 28.6 Å². The number of carbonyl (C=O) groups excluding carboxylic acids is 2. The molecule has 6 heteroatoms. The van der Waals surface area contributed by atoms with Gasteiger partial charge in [-0.2, -0.15) is 5.10 Å². The van der Waals surface area contributed by atoms with Gasteiger partial charge in [-0.05, 0) is 18.1 Å². The Balaban J connectivity index is 1.77. The highest BCUT2D eigenvalue weighted by atomic mass is 16.2. The lowest BCUT2D eigenvalue weighted by Gasteiger charge is -2.11. The highest BCUT2D eigenvalue weighted by Gasteiger charge is 2.17. The predicted octanol–water partition coefficient (Wildman–Crippen LogP) is -0.0502. The molecule has 0 bridgehead atoms. The summed E-state index contributed by atoms with van der Waals surface area (Å²) < 4.78 is 1.97. The van der Waals surface area contributed by atoms with Crippen LogP contribution in [0.5, 0.6) is 0 Å². The van der Waals surface area contributed by atoms with Crippen molar-refractivity contribution in [3.63, 3.8) is 0 Å². The number of nitrogens with one attached hydrogen (secondary N) is 2. The lowest BCUT2D eigenvalue weighted by atomic mass is 10.1. The van der Waals surface area contributed by atoms with Crippen molar-refractivity contribution in [1.29, 1.82) is 0 Å². The molecule has 1 aromatic rings. The lowest BCUT2D eigenvalue weighted by Crippen LogP contribution is -2.37. The highest BCUT2D eigenvalue weighted by molar-refractivity contribution is 6.39. The summed E-state index contributed by atoms with van der Waals surface area (Å²) >= 11 is 0. The van der Waals surface area contributed by atoms with Gasteiger partial charge >= 0.3 is 0 Å². The van der Waals surface area contributed by atoms with Gasteiger partial charge in [0.15, 0.2) is 0 Å². The third-order valence-corrected chi connectivity index (χ3v) is 2.76. The van der Waals surface area contributed by atoms with Gasteiger partial charge in [-0.3, -0.25) is 9.59 Å². The Hall–Kier alpha value is -2.11. The Labute approximate surface area is 105 Å². The fraction of sp³-hybridized carbons (Fsp3) is 0.417. The monoisotopic (exact) mass is 248 g/mol. The summed E-state index contributed by atoms with van der Waals surface area (Å²) in [4.78, 5) is 22.6. The van der Waals surface area contributed by atoms with E-state index < -0.39 is 0 Å². The second kappa shape index (κ2) is 5.48. The molecule has 1 aromatic heterocycles. The summed E-state index contributed by atoms with van der Waals surface area (Å²) in [6, 6.07) is 2.02. The lowest BCUT2D eigenvalue weighted by molar-refractivity contribution is -0.121. The van der Waals surface area contributed by atoms with Crippen molar-refractivity contribution in [2.24, 2.45) is 12.1 Å². The average molecular weight is 248 g/mol. The van der Waals surface area contributed by atoms with Crippen molar-refractivity contribution in [2.45, 2.75) is 19.3 Å². The standard InChI is InChI=1S/C12H16N4O2/c1-16-7-5-9(8-16)4-6-13-12(18)10-2-3-11(17)15-14-10/h5,7-8H,2-4,6H2,1H3,(H,13,18)(H,15,17). The average Bonchev–Trinajstić information content (AvgIpc) is 2.76. The van der Waals surface area contributed by atoms with E-state index in [0.29, 0.717) is 25.1 Å². The van der Waals surface area contributed by atoms with Gasteiger partial charge < -0.3 is 9.88 Å². The maximum atomic E-state index is 11.7. The summed E-state index contributed by atoms with van der Waals surface area (Å²) in [5.41, 5.74) is 3.88.